The third-order valence-electron chi connectivity index (χ3n) is 4.74. The molecule has 1 unspecified atom stereocenters. The Morgan fingerprint density at radius 3 is 2.71 bits per heavy atom. The van der Waals surface area contributed by atoms with Crippen LogP contribution in [-0.4, -0.2) is 53.7 Å². The molecule has 24 heavy (non-hydrogen) atoms. The molecular weight excluding hydrogens is 374 g/mol. The Morgan fingerprint density at radius 2 is 2.04 bits per heavy atom. The van der Waals surface area contributed by atoms with Gasteiger partial charge < -0.3 is 15.0 Å². The summed E-state index contributed by atoms with van der Waals surface area (Å²) in [6.45, 7) is 3.83. The van der Waals surface area contributed by atoms with Gasteiger partial charge in [-0.1, -0.05) is 19.1 Å². The lowest BCUT2D eigenvalue weighted by Crippen LogP contribution is -2.50. The lowest BCUT2D eigenvalue weighted by Gasteiger charge is -2.37. The summed E-state index contributed by atoms with van der Waals surface area (Å²) in [5.74, 6) is 0. The maximum atomic E-state index is 12.4. The van der Waals surface area contributed by atoms with E-state index in [9.17, 15) is 9.59 Å². The quantitative estimate of drug-likeness (QED) is 0.848. The molecule has 0 spiro atoms. The Morgan fingerprint density at radius 1 is 1.33 bits per heavy atom. The van der Waals surface area contributed by atoms with Crippen LogP contribution in [0.5, 0.6) is 0 Å². The second kappa shape index (κ2) is 7.42. The molecule has 0 aliphatic carbocycles. The van der Waals surface area contributed by atoms with Crippen LogP contribution in [0.1, 0.15) is 26.2 Å². The minimum Gasteiger partial charge on any atom is -0.447 e. The van der Waals surface area contributed by atoms with Gasteiger partial charge in [0, 0.05) is 23.6 Å². The number of piperidine rings is 1. The number of amides is 3. The zero-order valence-electron chi connectivity index (χ0n) is 13.7. The number of cyclic esters (lactones) is 1. The van der Waals surface area contributed by atoms with Crippen molar-refractivity contribution >= 4 is 33.7 Å². The van der Waals surface area contributed by atoms with Crippen LogP contribution in [-0.2, 0) is 4.74 Å². The van der Waals surface area contributed by atoms with Gasteiger partial charge in [0.25, 0.3) is 0 Å². The maximum Gasteiger partial charge on any atom is 0.410 e. The highest BCUT2D eigenvalue weighted by molar-refractivity contribution is 9.10. The highest BCUT2D eigenvalue weighted by atomic mass is 79.9. The summed E-state index contributed by atoms with van der Waals surface area (Å²) in [5, 5.41) is 2.93. The molecule has 2 aliphatic heterocycles. The first kappa shape index (κ1) is 17.1. The number of benzene rings is 1. The molecule has 0 bridgehead atoms. The summed E-state index contributed by atoms with van der Waals surface area (Å²) >= 11 is 3.43. The van der Waals surface area contributed by atoms with Crippen LogP contribution in [0.15, 0.2) is 28.7 Å². The van der Waals surface area contributed by atoms with Crippen molar-refractivity contribution in [3.05, 3.63) is 28.7 Å². The van der Waals surface area contributed by atoms with Crippen molar-refractivity contribution in [2.75, 3.05) is 25.0 Å². The standard InChI is InChI=1S/C17H22BrN3O3/c1-2-12-11-24-17(23)21(12)13-7-9-20(10-8-13)16(22)19-15-6-4-3-5-14(15)18/h3-6,12-13H,2,7-11H2,1H3,(H,19,22). The summed E-state index contributed by atoms with van der Waals surface area (Å²) in [4.78, 5) is 28.0. The van der Waals surface area contributed by atoms with Crippen LogP contribution in [0.25, 0.3) is 0 Å². The third-order valence-corrected chi connectivity index (χ3v) is 5.43. The molecule has 3 rings (SSSR count). The minimum atomic E-state index is -0.210. The van der Waals surface area contributed by atoms with E-state index < -0.39 is 0 Å². The van der Waals surface area contributed by atoms with Crippen molar-refractivity contribution in [3.8, 4) is 0 Å². The molecule has 2 fully saturated rings. The molecule has 130 valence electrons. The van der Waals surface area contributed by atoms with Crippen molar-refractivity contribution in [1.82, 2.24) is 9.80 Å². The first-order chi connectivity index (χ1) is 11.6. The number of carbonyl (C=O) groups excluding carboxylic acids is 2. The van der Waals surface area contributed by atoms with Crippen LogP contribution in [0, 0.1) is 0 Å². The zero-order valence-corrected chi connectivity index (χ0v) is 15.3. The summed E-state index contributed by atoms with van der Waals surface area (Å²) in [7, 11) is 0. The number of nitrogens with zero attached hydrogens (tertiary/aromatic N) is 2. The Bertz CT molecular complexity index is 617. The Kier molecular flexibility index (Phi) is 5.28. The van der Waals surface area contributed by atoms with E-state index in [0.29, 0.717) is 19.7 Å². The van der Waals surface area contributed by atoms with Gasteiger partial charge in [0.2, 0.25) is 0 Å². The number of anilines is 1. The van der Waals surface area contributed by atoms with Gasteiger partial charge in [-0.05, 0) is 47.3 Å². The molecule has 0 aromatic heterocycles. The first-order valence-corrected chi connectivity index (χ1v) is 9.15. The van der Waals surface area contributed by atoms with Crippen molar-refractivity contribution in [3.63, 3.8) is 0 Å². The highest BCUT2D eigenvalue weighted by Gasteiger charge is 2.38. The van der Waals surface area contributed by atoms with E-state index in [1.165, 1.54) is 0 Å². The number of nitrogens with one attached hydrogen (secondary N) is 1. The van der Waals surface area contributed by atoms with Crippen LogP contribution in [0.4, 0.5) is 15.3 Å². The van der Waals surface area contributed by atoms with Crippen LogP contribution in [0.3, 0.4) is 0 Å². The average Bonchev–Trinajstić information content (AvgIpc) is 2.98. The average molecular weight is 396 g/mol. The monoisotopic (exact) mass is 395 g/mol. The molecule has 2 heterocycles. The van der Waals surface area contributed by atoms with E-state index in [2.05, 4.69) is 28.2 Å². The summed E-state index contributed by atoms with van der Waals surface area (Å²) in [5.41, 5.74) is 0.763. The minimum absolute atomic E-state index is 0.101. The van der Waals surface area contributed by atoms with Crippen molar-refractivity contribution < 1.29 is 14.3 Å². The smallest absolute Gasteiger partial charge is 0.410 e. The van der Waals surface area contributed by atoms with Crippen molar-refractivity contribution in [2.24, 2.45) is 0 Å². The fourth-order valence-corrected chi connectivity index (χ4v) is 3.72. The van der Waals surface area contributed by atoms with E-state index in [1.807, 2.05) is 29.2 Å². The predicted molar refractivity (Wildman–Crippen MR) is 95.0 cm³/mol. The molecule has 3 amide bonds. The predicted octanol–water partition coefficient (Wildman–Crippen LogP) is 3.68. The normalized spacial score (nSPS) is 21.8. The van der Waals surface area contributed by atoms with Crippen LogP contribution < -0.4 is 5.32 Å². The molecule has 6 nitrogen and oxygen atoms in total. The Hall–Kier alpha value is -1.76. The van der Waals surface area contributed by atoms with Crippen LogP contribution >= 0.6 is 15.9 Å². The van der Waals surface area contributed by atoms with E-state index in [1.54, 1.807) is 4.90 Å². The van der Waals surface area contributed by atoms with Crippen LogP contribution in [0.2, 0.25) is 0 Å². The molecular formula is C17H22BrN3O3. The molecule has 0 saturated carbocycles. The van der Waals surface area contributed by atoms with E-state index >= 15 is 0 Å². The number of rotatable bonds is 3. The topological polar surface area (TPSA) is 61.9 Å². The van der Waals surface area contributed by atoms with E-state index in [4.69, 9.17) is 4.74 Å². The van der Waals surface area contributed by atoms with Gasteiger partial charge in [-0.15, -0.1) is 0 Å². The molecule has 0 radical (unpaired) electrons. The van der Waals surface area contributed by atoms with Gasteiger partial charge in [0.05, 0.1) is 11.7 Å². The van der Waals surface area contributed by atoms with E-state index in [0.717, 1.165) is 29.4 Å². The summed E-state index contributed by atoms with van der Waals surface area (Å²) in [6, 6.07) is 7.78. The fraction of sp³-hybridized carbons (Fsp3) is 0.529. The Labute approximate surface area is 150 Å². The number of halogens is 1. The number of carbonyl (C=O) groups is 2. The van der Waals surface area contributed by atoms with Gasteiger partial charge in [0.1, 0.15) is 6.61 Å². The molecule has 1 N–H and O–H groups in total. The second-order valence-electron chi connectivity index (χ2n) is 6.17. The molecule has 1 aromatic carbocycles. The van der Waals surface area contributed by atoms with Gasteiger partial charge in [-0.25, -0.2) is 9.59 Å². The van der Waals surface area contributed by atoms with E-state index in [-0.39, 0.29) is 24.2 Å². The summed E-state index contributed by atoms with van der Waals surface area (Å²) < 4.78 is 6.04. The number of likely N-dealkylation sites (tertiary alicyclic amines) is 1. The SMILES string of the molecule is CCC1COC(=O)N1C1CCN(C(=O)Nc2ccccc2Br)CC1. The summed E-state index contributed by atoms with van der Waals surface area (Å²) in [6.07, 6.45) is 2.26. The number of hydrogen-bond acceptors (Lipinski definition) is 3. The highest BCUT2D eigenvalue weighted by Crippen LogP contribution is 2.26. The van der Waals surface area contributed by atoms with Gasteiger partial charge in [-0.2, -0.15) is 0 Å². The lowest BCUT2D eigenvalue weighted by atomic mass is 10.0. The van der Waals surface area contributed by atoms with Crippen molar-refractivity contribution in [2.45, 2.75) is 38.3 Å². The third kappa shape index (κ3) is 3.50. The molecule has 2 aliphatic rings. The van der Waals surface area contributed by atoms with Gasteiger partial charge >= 0.3 is 12.1 Å². The molecule has 1 atom stereocenters. The Balaban J connectivity index is 1.56. The maximum absolute atomic E-state index is 12.4. The van der Waals surface area contributed by atoms with Gasteiger partial charge in [0.15, 0.2) is 0 Å². The zero-order chi connectivity index (χ0) is 17.1. The number of para-hydroxylation sites is 1. The first-order valence-electron chi connectivity index (χ1n) is 8.35. The number of hydrogen-bond donors (Lipinski definition) is 1. The number of urea groups is 1. The lowest BCUT2D eigenvalue weighted by molar-refractivity contribution is 0.115. The number of ether oxygens (including phenoxy) is 1. The largest absolute Gasteiger partial charge is 0.447 e. The van der Waals surface area contributed by atoms with Crippen molar-refractivity contribution in [1.29, 1.82) is 0 Å². The second-order valence-corrected chi connectivity index (χ2v) is 7.03. The molecule has 7 heteroatoms. The molecule has 2 saturated heterocycles. The molecule has 1 aromatic rings. The fourth-order valence-electron chi connectivity index (χ4n) is 3.34. The van der Waals surface area contributed by atoms with Gasteiger partial charge in [-0.3, -0.25) is 4.90 Å².